The van der Waals surface area contributed by atoms with Gasteiger partial charge in [-0.25, -0.2) is 8.78 Å². The molecule has 0 bridgehead atoms. The van der Waals surface area contributed by atoms with Gasteiger partial charge in [-0.2, -0.15) is 0 Å². The van der Waals surface area contributed by atoms with Crippen LogP contribution in [-0.2, 0) is 19.6 Å². The molecule has 3 rings (SSSR count). The number of nitrogens with zero attached hydrogens (tertiary/aromatic N) is 2. The van der Waals surface area contributed by atoms with Gasteiger partial charge in [0.05, 0.1) is 6.10 Å². The molecule has 0 aromatic heterocycles. The van der Waals surface area contributed by atoms with Gasteiger partial charge in [0.2, 0.25) is 0 Å². The van der Waals surface area contributed by atoms with Crippen molar-refractivity contribution in [3.05, 3.63) is 70.8 Å². The van der Waals surface area contributed by atoms with Crippen LogP contribution in [0.5, 0.6) is 0 Å². The number of hydrogen-bond acceptors (Lipinski definition) is 3. The van der Waals surface area contributed by atoms with Gasteiger partial charge in [-0.3, -0.25) is 9.89 Å². The first-order chi connectivity index (χ1) is 14.0. The third kappa shape index (κ3) is 6.51. The normalized spacial score (nSPS) is 16.1. The molecule has 1 fully saturated rings. The number of guanidine groups is 1. The Bertz CT molecular complexity index is 818. The fourth-order valence-electron chi connectivity index (χ4n) is 3.36. The second-order valence-electron chi connectivity index (χ2n) is 7.34. The van der Waals surface area contributed by atoms with Crippen LogP contribution in [0.4, 0.5) is 8.78 Å². The van der Waals surface area contributed by atoms with Gasteiger partial charge in [0, 0.05) is 45.3 Å². The van der Waals surface area contributed by atoms with E-state index in [0.29, 0.717) is 12.5 Å². The molecule has 156 valence electrons. The minimum atomic E-state index is -0.466. The zero-order valence-corrected chi connectivity index (χ0v) is 16.7. The lowest BCUT2D eigenvalue weighted by Gasteiger charge is -2.29. The smallest absolute Gasteiger partial charge is 0.191 e. The summed E-state index contributed by atoms with van der Waals surface area (Å²) in [4.78, 5) is 6.48. The van der Waals surface area contributed by atoms with Gasteiger partial charge in [-0.05, 0) is 42.2 Å². The lowest BCUT2D eigenvalue weighted by Crippen LogP contribution is -2.36. The van der Waals surface area contributed by atoms with E-state index in [0.717, 1.165) is 50.2 Å². The molecule has 7 heteroatoms. The number of halogens is 2. The molecule has 0 aliphatic carbocycles. The number of hydrogen-bond donors (Lipinski definition) is 3. The molecule has 0 spiro atoms. The van der Waals surface area contributed by atoms with E-state index in [1.54, 1.807) is 7.05 Å². The summed E-state index contributed by atoms with van der Waals surface area (Å²) in [5.41, 5.74) is 2.60. The summed E-state index contributed by atoms with van der Waals surface area (Å²) in [5.74, 6) is -0.398. The van der Waals surface area contributed by atoms with Crippen molar-refractivity contribution < 1.29 is 13.9 Å². The molecule has 3 N–H and O–H groups in total. The molecule has 0 amide bonds. The average Bonchev–Trinajstić information content (AvgIpc) is 2.73. The molecule has 0 unspecified atom stereocenters. The molecule has 1 heterocycles. The van der Waals surface area contributed by atoms with Crippen LogP contribution in [0.2, 0.25) is 0 Å². The molecule has 1 aliphatic heterocycles. The second kappa shape index (κ2) is 10.3. The quantitative estimate of drug-likeness (QED) is 0.514. The van der Waals surface area contributed by atoms with Crippen molar-refractivity contribution in [2.45, 2.75) is 38.6 Å². The average molecular weight is 402 g/mol. The number of nitrogens with one attached hydrogen (secondary N) is 2. The fraction of sp³-hybridized carbons (Fsp3) is 0.409. The summed E-state index contributed by atoms with van der Waals surface area (Å²) < 4.78 is 27.0. The Hall–Kier alpha value is -2.51. The van der Waals surface area contributed by atoms with Crippen molar-refractivity contribution in [2.75, 3.05) is 20.1 Å². The number of aliphatic hydroxyl groups excluding tert-OH is 1. The SMILES string of the molecule is CN=C(NCc1ccc(CN2CCC(O)CC2)cc1)NCc1cc(F)ccc1F. The standard InChI is InChI=1S/C22H28F2N4O/c1-25-22(27-14-18-12-19(23)6-7-21(18)24)26-13-16-2-4-17(5-3-16)15-28-10-8-20(29)9-11-28/h2-7,12,20,29H,8-11,13-15H2,1H3,(H2,25,26,27). The highest BCUT2D eigenvalue weighted by atomic mass is 19.1. The van der Waals surface area contributed by atoms with Crippen molar-refractivity contribution in [1.29, 1.82) is 0 Å². The molecular formula is C22H28F2N4O. The lowest BCUT2D eigenvalue weighted by molar-refractivity contribution is 0.0792. The van der Waals surface area contributed by atoms with E-state index >= 15 is 0 Å². The van der Waals surface area contributed by atoms with Crippen LogP contribution >= 0.6 is 0 Å². The number of aliphatic imine (C=N–C) groups is 1. The van der Waals surface area contributed by atoms with Gasteiger partial charge in [-0.15, -0.1) is 0 Å². The minimum Gasteiger partial charge on any atom is -0.393 e. The number of benzene rings is 2. The van der Waals surface area contributed by atoms with Gasteiger partial charge < -0.3 is 15.7 Å². The van der Waals surface area contributed by atoms with E-state index in [2.05, 4.69) is 44.8 Å². The van der Waals surface area contributed by atoms with Crippen LogP contribution in [0.15, 0.2) is 47.5 Å². The number of piperidine rings is 1. The third-order valence-electron chi connectivity index (χ3n) is 5.12. The molecule has 0 radical (unpaired) electrons. The van der Waals surface area contributed by atoms with Crippen molar-refractivity contribution in [2.24, 2.45) is 4.99 Å². The Morgan fingerprint density at radius 1 is 1.03 bits per heavy atom. The molecule has 5 nitrogen and oxygen atoms in total. The Labute approximate surface area is 170 Å². The second-order valence-corrected chi connectivity index (χ2v) is 7.34. The van der Waals surface area contributed by atoms with Gasteiger partial charge in [0.25, 0.3) is 0 Å². The zero-order valence-electron chi connectivity index (χ0n) is 16.7. The summed E-state index contributed by atoms with van der Waals surface area (Å²) in [7, 11) is 1.63. The van der Waals surface area contributed by atoms with E-state index in [4.69, 9.17) is 0 Å². The van der Waals surface area contributed by atoms with Crippen molar-refractivity contribution in [3.63, 3.8) is 0 Å². The predicted octanol–water partition coefficient (Wildman–Crippen LogP) is 2.79. The van der Waals surface area contributed by atoms with E-state index in [-0.39, 0.29) is 18.2 Å². The van der Waals surface area contributed by atoms with E-state index in [1.165, 1.54) is 11.6 Å². The highest BCUT2D eigenvalue weighted by Gasteiger charge is 2.16. The summed E-state index contributed by atoms with van der Waals surface area (Å²) in [5, 5.41) is 15.8. The molecule has 29 heavy (non-hydrogen) atoms. The molecule has 2 aromatic rings. The third-order valence-corrected chi connectivity index (χ3v) is 5.12. The lowest BCUT2D eigenvalue weighted by atomic mass is 10.1. The number of aliphatic hydroxyl groups is 1. The van der Waals surface area contributed by atoms with Gasteiger partial charge in [-0.1, -0.05) is 24.3 Å². The monoisotopic (exact) mass is 402 g/mol. The maximum atomic E-state index is 13.7. The first-order valence-corrected chi connectivity index (χ1v) is 9.90. The van der Waals surface area contributed by atoms with Crippen LogP contribution in [0.1, 0.15) is 29.5 Å². The van der Waals surface area contributed by atoms with E-state index in [1.807, 2.05) is 0 Å². The molecule has 0 saturated carbocycles. The Morgan fingerprint density at radius 3 is 2.38 bits per heavy atom. The van der Waals surface area contributed by atoms with Gasteiger partial charge in [0.15, 0.2) is 5.96 Å². The van der Waals surface area contributed by atoms with Crippen LogP contribution in [0.3, 0.4) is 0 Å². The van der Waals surface area contributed by atoms with Crippen molar-refractivity contribution >= 4 is 5.96 Å². The summed E-state index contributed by atoms with van der Waals surface area (Å²) in [6.45, 7) is 3.47. The van der Waals surface area contributed by atoms with Gasteiger partial charge in [0.1, 0.15) is 11.6 Å². The minimum absolute atomic E-state index is 0.146. The fourth-order valence-corrected chi connectivity index (χ4v) is 3.36. The van der Waals surface area contributed by atoms with Crippen molar-refractivity contribution in [3.8, 4) is 0 Å². The molecule has 0 atom stereocenters. The van der Waals surface area contributed by atoms with Crippen LogP contribution in [-0.4, -0.2) is 42.2 Å². The topological polar surface area (TPSA) is 59.9 Å². The first-order valence-electron chi connectivity index (χ1n) is 9.90. The molecule has 1 aliphatic rings. The molecular weight excluding hydrogens is 374 g/mol. The summed E-state index contributed by atoms with van der Waals surface area (Å²) in [6.07, 6.45) is 1.53. The molecule has 2 aromatic carbocycles. The van der Waals surface area contributed by atoms with Crippen LogP contribution < -0.4 is 10.6 Å². The van der Waals surface area contributed by atoms with E-state index in [9.17, 15) is 13.9 Å². The van der Waals surface area contributed by atoms with Crippen LogP contribution in [0, 0.1) is 11.6 Å². The van der Waals surface area contributed by atoms with Gasteiger partial charge >= 0.3 is 0 Å². The number of likely N-dealkylation sites (tertiary alicyclic amines) is 1. The largest absolute Gasteiger partial charge is 0.393 e. The molecule has 1 saturated heterocycles. The summed E-state index contributed by atoms with van der Waals surface area (Å²) in [6, 6.07) is 11.8. The Kier molecular flexibility index (Phi) is 7.55. The maximum absolute atomic E-state index is 13.7. The predicted molar refractivity (Wildman–Crippen MR) is 110 cm³/mol. The zero-order chi connectivity index (χ0) is 20.6. The Morgan fingerprint density at radius 2 is 1.69 bits per heavy atom. The summed E-state index contributed by atoms with van der Waals surface area (Å²) >= 11 is 0. The Balaban J connectivity index is 1.46. The highest BCUT2D eigenvalue weighted by Crippen LogP contribution is 2.14. The highest BCUT2D eigenvalue weighted by molar-refractivity contribution is 5.79. The number of rotatable bonds is 6. The first kappa shape index (κ1) is 21.2. The van der Waals surface area contributed by atoms with Crippen LogP contribution in [0.25, 0.3) is 0 Å². The van der Waals surface area contributed by atoms with Crippen molar-refractivity contribution in [1.82, 2.24) is 15.5 Å². The maximum Gasteiger partial charge on any atom is 0.191 e. The van der Waals surface area contributed by atoms with E-state index < -0.39 is 11.6 Å².